The maximum Gasteiger partial charge on any atom is 0.285 e. The molecule has 1 aliphatic rings. The minimum atomic E-state index is -0.371. The number of nitrogens with zero attached hydrogens (tertiary/aromatic N) is 2. The van der Waals surface area contributed by atoms with Gasteiger partial charge in [-0.1, -0.05) is 0 Å². The Balaban J connectivity index is 1.96. The predicted octanol–water partition coefficient (Wildman–Crippen LogP) is 3.11. The molecule has 1 aromatic rings. The van der Waals surface area contributed by atoms with Crippen LogP contribution >= 0.6 is 15.9 Å². The molecule has 1 aromatic carbocycles. The van der Waals surface area contributed by atoms with E-state index in [1.807, 2.05) is 6.07 Å². The van der Waals surface area contributed by atoms with E-state index in [0.29, 0.717) is 10.4 Å². The number of anilines is 1. The second-order valence-corrected chi connectivity index (χ2v) is 5.93. The maximum atomic E-state index is 10.9. The molecule has 19 heavy (non-hydrogen) atoms. The van der Waals surface area contributed by atoms with E-state index in [1.165, 1.54) is 19.4 Å². The highest BCUT2D eigenvalue weighted by atomic mass is 79.9. The van der Waals surface area contributed by atoms with Crippen molar-refractivity contribution < 1.29 is 4.92 Å². The van der Waals surface area contributed by atoms with E-state index in [4.69, 9.17) is 0 Å². The molecule has 0 spiro atoms. The summed E-state index contributed by atoms with van der Waals surface area (Å²) >= 11 is 3.19. The molecular formula is C13H18BrN3O2. The van der Waals surface area contributed by atoms with Gasteiger partial charge in [0.25, 0.3) is 5.69 Å². The van der Waals surface area contributed by atoms with Gasteiger partial charge in [-0.15, -0.1) is 0 Å². The molecule has 0 aromatic heterocycles. The lowest BCUT2D eigenvalue weighted by Crippen LogP contribution is -2.35. The van der Waals surface area contributed by atoms with Gasteiger partial charge in [-0.25, -0.2) is 0 Å². The Morgan fingerprint density at radius 2 is 2.37 bits per heavy atom. The number of rotatable bonds is 4. The van der Waals surface area contributed by atoms with Gasteiger partial charge in [0.05, 0.1) is 9.40 Å². The summed E-state index contributed by atoms with van der Waals surface area (Å²) in [6.07, 6.45) is 2.44. The smallest absolute Gasteiger partial charge is 0.285 e. The highest BCUT2D eigenvalue weighted by Gasteiger charge is 2.17. The van der Waals surface area contributed by atoms with E-state index >= 15 is 0 Å². The van der Waals surface area contributed by atoms with Crippen molar-refractivity contribution >= 4 is 27.3 Å². The van der Waals surface area contributed by atoms with E-state index in [9.17, 15) is 10.1 Å². The number of hydrogen-bond donors (Lipinski definition) is 1. The van der Waals surface area contributed by atoms with Crippen LogP contribution in [0.25, 0.3) is 0 Å². The van der Waals surface area contributed by atoms with Gasteiger partial charge in [0.1, 0.15) is 0 Å². The third kappa shape index (κ3) is 3.91. The molecule has 6 heteroatoms. The molecule has 2 rings (SSSR count). The summed E-state index contributed by atoms with van der Waals surface area (Å²) in [5, 5.41) is 14.2. The number of likely N-dealkylation sites (tertiary alicyclic amines) is 1. The van der Waals surface area contributed by atoms with Crippen molar-refractivity contribution in [2.75, 3.05) is 32.0 Å². The first kappa shape index (κ1) is 14.3. The zero-order valence-corrected chi connectivity index (χ0v) is 12.5. The fourth-order valence-corrected chi connectivity index (χ4v) is 2.86. The van der Waals surface area contributed by atoms with Gasteiger partial charge >= 0.3 is 0 Å². The number of benzene rings is 1. The van der Waals surface area contributed by atoms with Crippen LogP contribution in [-0.2, 0) is 0 Å². The van der Waals surface area contributed by atoms with Crippen molar-refractivity contribution in [1.29, 1.82) is 0 Å². The van der Waals surface area contributed by atoms with Crippen LogP contribution in [0.5, 0.6) is 0 Å². The maximum absolute atomic E-state index is 10.9. The highest BCUT2D eigenvalue weighted by molar-refractivity contribution is 9.10. The summed E-state index contributed by atoms with van der Waals surface area (Å²) in [4.78, 5) is 12.8. The summed E-state index contributed by atoms with van der Waals surface area (Å²) in [7, 11) is 2.14. The lowest BCUT2D eigenvalue weighted by molar-refractivity contribution is -0.385. The minimum absolute atomic E-state index is 0.103. The largest absolute Gasteiger partial charge is 0.385 e. The lowest BCUT2D eigenvalue weighted by atomic mass is 9.98. The summed E-state index contributed by atoms with van der Waals surface area (Å²) in [6.45, 7) is 3.12. The first-order valence-corrected chi connectivity index (χ1v) is 7.22. The molecule has 1 heterocycles. The molecule has 5 nitrogen and oxygen atoms in total. The van der Waals surface area contributed by atoms with Crippen molar-refractivity contribution in [2.45, 2.75) is 12.8 Å². The third-order valence-electron chi connectivity index (χ3n) is 3.46. The second-order valence-electron chi connectivity index (χ2n) is 5.07. The van der Waals surface area contributed by atoms with Gasteiger partial charge in [0, 0.05) is 24.8 Å². The fourth-order valence-electron chi connectivity index (χ4n) is 2.46. The summed E-state index contributed by atoms with van der Waals surface area (Å²) in [5.41, 5.74) is 0.911. The Morgan fingerprint density at radius 3 is 3.05 bits per heavy atom. The molecule has 1 aliphatic heterocycles. The average molecular weight is 328 g/mol. The van der Waals surface area contributed by atoms with E-state index in [-0.39, 0.29) is 10.6 Å². The van der Waals surface area contributed by atoms with Gasteiger partial charge < -0.3 is 10.2 Å². The molecule has 0 aliphatic carbocycles. The standard InChI is InChI=1S/C13H18BrN3O2/c1-16-6-2-3-10(9-16)8-15-11-4-5-12(14)13(7-11)17(18)19/h4-5,7,10,15H,2-3,6,8-9H2,1H3. The van der Waals surface area contributed by atoms with Crippen LogP contribution in [0, 0.1) is 16.0 Å². The van der Waals surface area contributed by atoms with Crippen LogP contribution in [0.1, 0.15) is 12.8 Å². The van der Waals surface area contributed by atoms with Crippen LogP contribution in [0.3, 0.4) is 0 Å². The number of nitrogens with one attached hydrogen (secondary N) is 1. The van der Waals surface area contributed by atoms with Crippen LogP contribution in [0.2, 0.25) is 0 Å². The van der Waals surface area contributed by atoms with Crippen molar-refractivity contribution in [1.82, 2.24) is 4.90 Å². The average Bonchev–Trinajstić information content (AvgIpc) is 2.37. The number of halogens is 1. The predicted molar refractivity (Wildman–Crippen MR) is 79.5 cm³/mol. The Bertz CT molecular complexity index is 467. The first-order chi connectivity index (χ1) is 9.06. The molecule has 1 fully saturated rings. The van der Waals surface area contributed by atoms with Crippen LogP contribution < -0.4 is 5.32 Å². The number of nitro benzene ring substituents is 1. The van der Waals surface area contributed by atoms with Crippen LogP contribution in [0.4, 0.5) is 11.4 Å². The van der Waals surface area contributed by atoms with E-state index in [0.717, 1.165) is 18.8 Å². The molecular weight excluding hydrogens is 310 g/mol. The van der Waals surface area contributed by atoms with Gasteiger partial charge in [-0.05, 0) is 60.4 Å². The molecule has 0 bridgehead atoms. The number of piperidine rings is 1. The van der Waals surface area contributed by atoms with Crippen molar-refractivity contribution in [3.8, 4) is 0 Å². The molecule has 0 amide bonds. The van der Waals surface area contributed by atoms with Crippen LogP contribution in [0.15, 0.2) is 22.7 Å². The van der Waals surface area contributed by atoms with Gasteiger partial charge in [0.15, 0.2) is 0 Å². The normalized spacial score (nSPS) is 20.2. The SMILES string of the molecule is CN1CCCC(CNc2ccc(Br)c([N+](=O)[O-])c2)C1. The Kier molecular flexibility index (Phi) is 4.76. The van der Waals surface area contributed by atoms with Gasteiger partial charge in [0.2, 0.25) is 0 Å². The molecule has 1 unspecified atom stereocenters. The Morgan fingerprint density at radius 1 is 1.58 bits per heavy atom. The monoisotopic (exact) mass is 327 g/mol. The van der Waals surface area contributed by atoms with Gasteiger partial charge in [-0.2, -0.15) is 0 Å². The molecule has 104 valence electrons. The molecule has 1 N–H and O–H groups in total. The minimum Gasteiger partial charge on any atom is -0.385 e. The second kappa shape index (κ2) is 6.34. The molecule has 1 saturated heterocycles. The lowest BCUT2D eigenvalue weighted by Gasteiger charge is -2.29. The summed E-state index contributed by atoms with van der Waals surface area (Å²) in [6, 6.07) is 5.16. The number of hydrogen-bond acceptors (Lipinski definition) is 4. The molecule has 0 radical (unpaired) electrons. The summed E-state index contributed by atoms with van der Waals surface area (Å²) < 4.78 is 0.514. The quantitative estimate of drug-likeness (QED) is 0.681. The van der Waals surface area contributed by atoms with Crippen molar-refractivity contribution in [3.63, 3.8) is 0 Å². The van der Waals surface area contributed by atoms with Gasteiger partial charge in [-0.3, -0.25) is 10.1 Å². The zero-order chi connectivity index (χ0) is 13.8. The van der Waals surface area contributed by atoms with E-state index in [2.05, 4.69) is 33.2 Å². The Hall–Kier alpha value is -1.14. The zero-order valence-electron chi connectivity index (χ0n) is 10.9. The van der Waals surface area contributed by atoms with Crippen molar-refractivity contribution in [2.24, 2.45) is 5.92 Å². The van der Waals surface area contributed by atoms with Crippen molar-refractivity contribution in [3.05, 3.63) is 32.8 Å². The van der Waals surface area contributed by atoms with Crippen LogP contribution in [-0.4, -0.2) is 36.5 Å². The molecule has 1 atom stereocenters. The highest BCUT2D eigenvalue weighted by Crippen LogP contribution is 2.28. The topological polar surface area (TPSA) is 58.4 Å². The fraction of sp³-hybridized carbons (Fsp3) is 0.538. The van der Waals surface area contributed by atoms with E-state index in [1.54, 1.807) is 12.1 Å². The number of nitro groups is 1. The Labute approximate surface area is 121 Å². The van der Waals surface area contributed by atoms with E-state index < -0.39 is 0 Å². The summed E-state index contributed by atoms with van der Waals surface area (Å²) in [5.74, 6) is 0.612. The third-order valence-corrected chi connectivity index (χ3v) is 4.13. The molecule has 0 saturated carbocycles. The first-order valence-electron chi connectivity index (χ1n) is 6.42.